The van der Waals surface area contributed by atoms with Crippen LogP contribution in [0.5, 0.6) is 0 Å². The molecule has 2 aromatic heterocycles. The molecule has 2 heterocycles. The molecule has 0 saturated carbocycles. The number of carbonyl (C=O) groups excluding carboxylic acids is 1. The fraction of sp³-hybridized carbons (Fsp3) is 0.364. The number of carbonyl (C=O) groups is 1. The molecule has 0 unspecified atom stereocenters. The van der Waals surface area contributed by atoms with Crippen LogP contribution < -0.4 is 10.6 Å². The fourth-order valence-electron chi connectivity index (χ4n) is 1.53. The van der Waals surface area contributed by atoms with Crippen molar-refractivity contribution in [2.45, 2.75) is 20.0 Å². The maximum Gasteiger partial charge on any atom is 0.271 e. The second-order valence-electron chi connectivity index (χ2n) is 3.77. The Balaban J connectivity index is 1.98. The van der Waals surface area contributed by atoms with E-state index in [0.29, 0.717) is 12.4 Å². The van der Waals surface area contributed by atoms with Crippen molar-refractivity contribution in [3.63, 3.8) is 0 Å². The summed E-state index contributed by atoms with van der Waals surface area (Å²) in [6, 6.07) is 3.31. The Hall–Kier alpha value is -2.51. The number of hydrogen-bond acceptors (Lipinski definition) is 6. The van der Waals surface area contributed by atoms with Gasteiger partial charge in [0.05, 0.1) is 6.54 Å². The molecule has 0 spiro atoms. The number of amides is 1. The van der Waals surface area contributed by atoms with Gasteiger partial charge in [-0.2, -0.15) is 0 Å². The van der Waals surface area contributed by atoms with Gasteiger partial charge in [-0.3, -0.25) is 4.79 Å². The van der Waals surface area contributed by atoms with E-state index in [0.717, 1.165) is 12.4 Å². The van der Waals surface area contributed by atoms with Gasteiger partial charge in [-0.15, -0.1) is 20.4 Å². The standard InChI is InChI=1S/C11H15N7O/c1-3-18-7-14-17-10(18)6-13-9-5-4-8(15-16-9)11(19)12-2/h4-5,7H,3,6H2,1-2H3,(H,12,19)(H,13,16). The van der Waals surface area contributed by atoms with Gasteiger partial charge in [0.25, 0.3) is 5.91 Å². The highest BCUT2D eigenvalue weighted by atomic mass is 16.1. The lowest BCUT2D eigenvalue weighted by Gasteiger charge is -2.06. The van der Waals surface area contributed by atoms with Gasteiger partial charge < -0.3 is 15.2 Å². The van der Waals surface area contributed by atoms with E-state index in [1.807, 2.05) is 11.5 Å². The van der Waals surface area contributed by atoms with Crippen molar-refractivity contribution < 1.29 is 4.79 Å². The van der Waals surface area contributed by atoms with Gasteiger partial charge in [0, 0.05) is 13.6 Å². The molecule has 0 aliphatic carbocycles. The molecule has 8 heteroatoms. The molecule has 0 bridgehead atoms. The zero-order valence-corrected chi connectivity index (χ0v) is 10.8. The lowest BCUT2D eigenvalue weighted by atomic mass is 10.3. The van der Waals surface area contributed by atoms with Gasteiger partial charge in [-0.25, -0.2) is 0 Å². The summed E-state index contributed by atoms with van der Waals surface area (Å²) in [5.41, 5.74) is 0.282. The first kappa shape index (κ1) is 12.9. The quantitative estimate of drug-likeness (QED) is 0.789. The summed E-state index contributed by atoms with van der Waals surface area (Å²) in [5.74, 6) is 1.14. The highest BCUT2D eigenvalue weighted by Gasteiger charge is 2.06. The number of rotatable bonds is 5. The van der Waals surface area contributed by atoms with Crippen LogP contribution >= 0.6 is 0 Å². The van der Waals surface area contributed by atoms with E-state index in [-0.39, 0.29) is 11.6 Å². The van der Waals surface area contributed by atoms with E-state index in [1.165, 1.54) is 0 Å². The van der Waals surface area contributed by atoms with Crippen molar-refractivity contribution in [1.29, 1.82) is 0 Å². The van der Waals surface area contributed by atoms with Crippen molar-refractivity contribution in [3.05, 3.63) is 30.0 Å². The topological polar surface area (TPSA) is 97.6 Å². The summed E-state index contributed by atoms with van der Waals surface area (Å²) in [7, 11) is 1.55. The Morgan fingerprint density at radius 1 is 1.32 bits per heavy atom. The van der Waals surface area contributed by atoms with E-state index in [2.05, 4.69) is 31.0 Å². The van der Waals surface area contributed by atoms with E-state index in [1.54, 1.807) is 25.5 Å². The highest BCUT2D eigenvalue weighted by Crippen LogP contribution is 2.04. The predicted molar refractivity (Wildman–Crippen MR) is 68.4 cm³/mol. The van der Waals surface area contributed by atoms with Crippen LogP contribution in [0.1, 0.15) is 23.2 Å². The van der Waals surface area contributed by atoms with Crippen molar-refractivity contribution in [2.75, 3.05) is 12.4 Å². The first-order valence-electron chi connectivity index (χ1n) is 5.91. The Kier molecular flexibility index (Phi) is 4.01. The predicted octanol–water partition coefficient (Wildman–Crippen LogP) is 0.0597. The fourth-order valence-corrected chi connectivity index (χ4v) is 1.53. The molecule has 0 aromatic carbocycles. The van der Waals surface area contributed by atoms with E-state index in [4.69, 9.17) is 0 Å². The molecule has 0 aliphatic heterocycles. The Labute approximate surface area is 110 Å². The number of nitrogens with zero attached hydrogens (tertiary/aromatic N) is 5. The number of hydrogen-bond donors (Lipinski definition) is 2. The third-order valence-electron chi connectivity index (χ3n) is 2.59. The first-order valence-corrected chi connectivity index (χ1v) is 5.91. The Bertz CT molecular complexity index is 548. The summed E-state index contributed by atoms with van der Waals surface area (Å²) in [4.78, 5) is 11.3. The number of aromatic nitrogens is 5. The maximum atomic E-state index is 11.3. The number of nitrogens with one attached hydrogen (secondary N) is 2. The molecule has 0 aliphatic rings. The first-order chi connectivity index (χ1) is 9.24. The largest absolute Gasteiger partial charge is 0.361 e. The van der Waals surface area contributed by atoms with Crippen LogP contribution in [0.25, 0.3) is 0 Å². The molecule has 0 fully saturated rings. The van der Waals surface area contributed by atoms with Gasteiger partial charge in [-0.1, -0.05) is 0 Å². The minimum Gasteiger partial charge on any atom is -0.361 e. The molecule has 19 heavy (non-hydrogen) atoms. The third-order valence-corrected chi connectivity index (χ3v) is 2.59. The third kappa shape index (κ3) is 3.03. The van der Waals surface area contributed by atoms with Gasteiger partial charge in [0.1, 0.15) is 12.1 Å². The van der Waals surface area contributed by atoms with Gasteiger partial charge in [-0.05, 0) is 19.1 Å². The molecule has 1 amide bonds. The lowest BCUT2D eigenvalue weighted by Crippen LogP contribution is -2.19. The summed E-state index contributed by atoms with van der Waals surface area (Å²) >= 11 is 0. The average Bonchev–Trinajstić information content (AvgIpc) is 2.92. The molecule has 2 aromatic rings. The average molecular weight is 261 g/mol. The van der Waals surface area contributed by atoms with E-state index in [9.17, 15) is 4.79 Å². The van der Waals surface area contributed by atoms with Crippen LogP contribution in [0.2, 0.25) is 0 Å². The second kappa shape index (κ2) is 5.89. The van der Waals surface area contributed by atoms with Crippen molar-refractivity contribution >= 4 is 11.7 Å². The van der Waals surface area contributed by atoms with Crippen molar-refractivity contribution in [1.82, 2.24) is 30.3 Å². The lowest BCUT2D eigenvalue weighted by molar-refractivity contribution is 0.0957. The maximum absolute atomic E-state index is 11.3. The Morgan fingerprint density at radius 2 is 2.16 bits per heavy atom. The second-order valence-corrected chi connectivity index (χ2v) is 3.77. The molecule has 0 atom stereocenters. The van der Waals surface area contributed by atoms with Gasteiger partial charge in [0.2, 0.25) is 0 Å². The molecule has 8 nitrogen and oxygen atoms in total. The van der Waals surface area contributed by atoms with Crippen LogP contribution in [0, 0.1) is 0 Å². The van der Waals surface area contributed by atoms with E-state index >= 15 is 0 Å². The minimum atomic E-state index is -0.259. The number of aryl methyl sites for hydroxylation is 1. The molecular formula is C11H15N7O. The molecular weight excluding hydrogens is 246 g/mol. The monoisotopic (exact) mass is 261 g/mol. The van der Waals surface area contributed by atoms with Crippen LogP contribution in [0.4, 0.5) is 5.82 Å². The molecule has 2 rings (SSSR count). The van der Waals surface area contributed by atoms with Gasteiger partial charge >= 0.3 is 0 Å². The van der Waals surface area contributed by atoms with Crippen LogP contribution in [-0.4, -0.2) is 37.9 Å². The van der Waals surface area contributed by atoms with Gasteiger partial charge in [0.15, 0.2) is 11.5 Å². The molecule has 0 saturated heterocycles. The van der Waals surface area contributed by atoms with Crippen LogP contribution in [0.15, 0.2) is 18.5 Å². The zero-order chi connectivity index (χ0) is 13.7. The summed E-state index contributed by atoms with van der Waals surface area (Å²) < 4.78 is 1.93. The van der Waals surface area contributed by atoms with Crippen molar-refractivity contribution in [3.8, 4) is 0 Å². The minimum absolute atomic E-state index is 0.259. The molecule has 100 valence electrons. The molecule has 0 radical (unpaired) electrons. The highest BCUT2D eigenvalue weighted by molar-refractivity contribution is 5.91. The van der Waals surface area contributed by atoms with E-state index < -0.39 is 0 Å². The summed E-state index contributed by atoms with van der Waals surface area (Å²) in [5, 5.41) is 21.1. The number of anilines is 1. The van der Waals surface area contributed by atoms with Crippen LogP contribution in [0.3, 0.4) is 0 Å². The summed E-state index contributed by atoms with van der Waals surface area (Å²) in [6.45, 7) is 3.33. The van der Waals surface area contributed by atoms with Crippen molar-refractivity contribution in [2.24, 2.45) is 0 Å². The smallest absolute Gasteiger partial charge is 0.271 e. The zero-order valence-electron chi connectivity index (χ0n) is 10.8. The van der Waals surface area contributed by atoms with Crippen LogP contribution in [-0.2, 0) is 13.1 Å². The summed E-state index contributed by atoms with van der Waals surface area (Å²) in [6.07, 6.45) is 1.68. The normalized spacial score (nSPS) is 10.2. The Morgan fingerprint density at radius 3 is 2.79 bits per heavy atom. The molecule has 2 N–H and O–H groups in total. The SMILES string of the molecule is CCn1cnnc1CNc1ccc(C(=O)NC)nn1.